The van der Waals surface area contributed by atoms with Crippen LogP contribution in [0.15, 0.2) is 59.2 Å². The van der Waals surface area contributed by atoms with Gasteiger partial charge in [0, 0.05) is 17.5 Å². The fourth-order valence-electron chi connectivity index (χ4n) is 3.50. The maximum absolute atomic E-state index is 13.0. The van der Waals surface area contributed by atoms with E-state index in [-0.39, 0.29) is 18.6 Å². The summed E-state index contributed by atoms with van der Waals surface area (Å²) in [6.45, 7) is 3.09. The number of fused-ring (bicyclic) bond motifs is 1. The minimum absolute atomic E-state index is 0.0895. The Bertz CT molecular complexity index is 932. The Morgan fingerprint density at radius 2 is 2.00 bits per heavy atom. The molecule has 1 amide bonds. The van der Waals surface area contributed by atoms with E-state index < -0.39 is 6.10 Å². The van der Waals surface area contributed by atoms with Gasteiger partial charge in [-0.25, -0.2) is 0 Å². The van der Waals surface area contributed by atoms with E-state index in [0.717, 1.165) is 22.1 Å². The summed E-state index contributed by atoms with van der Waals surface area (Å²) >= 11 is 0. The van der Waals surface area contributed by atoms with Crippen LogP contribution in [-0.4, -0.2) is 47.8 Å². The van der Waals surface area contributed by atoms with Crippen LogP contribution in [0.2, 0.25) is 0 Å². The molecular weight excluding hydrogens is 330 g/mol. The lowest BCUT2D eigenvalue weighted by Gasteiger charge is -2.29. The van der Waals surface area contributed by atoms with Crippen molar-refractivity contribution in [3.8, 4) is 11.1 Å². The summed E-state index contributed by atoms with van der Waals surface area (Å²) in [5.41, 5.74) is 3.45. The summed E-state index contributed by atoms with van der Waals surface area (Å²) in [5.74, 6) is -0.0895. The second-order valence-electron chi connectivity index (χ2n) is 6.52. The highest BCUT2D eigenvalue weighted by Crippen LogP contribution is 2.26. The molecule has 0 unspecified atom stereocenters. The number of carbonyl (C=O) groups excluding carboxylic acids is 1. The Kier molecular flexibility index (Phi) is 4.49. The Morgan fingerprint density at radius 1 is 1.15 bits per heavy atom. The van der Waals surface area contributed by atoms with Gasteiger partial charge in [0.15, 0.2) is 0 Å². The molecule has 5 heteroatoms. The topological polar surface area (TPSA) is 62.9 Å². The Balaban J connectivity index is 1.65. The molecule has 4 rings (SSSR count). The van der Waals surface area contributed by atoms with E-state index in [2.05, 4.69) is 6.07 Å². The summed E-state index contributed by atoms with van der Waals surface area (Å²) < 4.78 is 10.7. The lowest BCUT2D eigenvalue weighted by Crippen LogP contribution is -2.46. The molecule has 0 saturated carbocycles. The highest BCUT2D eigenvalue weighted by molar-refractivity contribution is 5.96. The van der Waals surface area contributed by atoms with E-state index in [1.165, 1.54) is 0 Å². The third-order valence-corrected chi connectivity index (χ3v) is 4.92. The van der Waals surface area contributed by atoms with Crippen molar-refractivity contribution >= 4 is 16.9 Å². The summed E-state index contributed by atoms with van der Waals surface area (Å²) in [6.07, 6.45) is 1.04. The van der Waals surface area contributed by atoms with Gasteiger partial charge in [0.1, 0.15) is 5.58 Å². The number of hydrogen-bond donors (Lipinski definition) is 1. The molecule has 3 aromatic rings. The number of carbonyl (C=O) groups is 1. The van der Waals surface area contributed by atoms with Gasteiger partial charge in [-0.3, -0.25) is 4.79 Å². The van der Waals surface area contributed by atoms with E-state index in [9.17, 15) is 9.90 Å². The molecule has 2 heterocycles. The van der Waals surface area contributed by atoms with Crippen LogP contribution in [0.25, 0.3) is 22.1 Å². The van der Waals surface area contributed by atoms with Crippen LogP contribution >= 0.6 is 0 Å². The van der Waals surface area contributed by atoms with Gasteiger partial charge in [-0.1, -0.05) is 18.2 Å². The first-order valence-corrected chi connectivity index (χ1v) is 8.82. The van der Waals surface area contributed by atoms with E-state index in [4.69, 9.17) is 9.15 Å². The molecule has 1 saturated heterocycles. The zero-order chi connectivity index (χ0) is 18.1. The van der Waals surface area contributed by atoms with Crippen LogP contribution in [0, 0.1) is 0 Å². The van der Waals surface area contributed by atoms with Crippen molar-refractivity contribution in [1.82, 2.24) is 4.90 Å². The van der Waals surface area contributed by atoms with Gasteiger partial charge in [-0.15, -0.1) is 0 Å². The van der Waals surface area contributed by atoms with Crippen molar-refractivity contribution in [1.29, 1.82) is 0 Å². The standard InChI is InChI=1S/C21H21NO4/c1-2-22(18-12-25-13-19(18)23)21(24)17-5-3-4-14(11-17)15-6-7-20-16(10-15)8-9-26-20/h3-11,18-19,23H,2,12-13H2,1H3/t18-,19-/m0/s1. The van der Waals surface area contributed by atoms with E-state index in [1.54, 1.807) is 11.2 Å². The number of aliphatic hydroxyl groups is 1. The first-order chi connectivity index (χ1) is 12.7. The minimum Gasteiger partial charge on any atom is -0.464 e. The summed E-state index contributed by atoms with van der Waals surface area (Å²) in [5, 5.41) is 11.1. The predicted octanol–water partition coefficient (Wildman–Crippen LogP) is 3.32. The molecule has 1 aliphatic heterocycles. The van der Waals surface area contributed by atoms with Crippen molar-refractivity contribution in [2.24, 2.45) is 0 Å². The van der Waals surface area contributed by atoms with Gasteiger partial charge < -0.3 is 19.2 Å². The van der Waals surface area contributed by atoms with Crippen molar-refractivity contribution in [3.05, 3.63) is 60.4 Å². The normalized spacial score (nSPS) is 19.8. The number of likely N-dealkylation sites (N-methyl/N-ethyl adjacent to an activating group) is 1. The second-order valence-corrected chi connectivity index (χ2v) is 6.52. The smallest absolute Gasteiger partial charge is 0.254 e. The number of ether oxygens (including phenoxy) is 1. The molecule has 1 fully saturated rings. The lowest BCUT2D eigenvalue weighted by molar-refractivity contribution is 0.0520. The van der Waals surface area contributed by atoms with Crippen molar-refractivity contribution in [3.63, 3.8) is 0 Å². The van der Waals surface area contributed by atoms with Crippen molar-refractivity contribution in [2.45, 2.75) is 19.1 Å². The molecule has 1 aromatic heterocycles. The summed E-state index contributed by atoms with van der Waals surface area (Å²) in [6, 6.07) is 15.2. The quantitative estimate of drug-likeness (QED) is 0.783. The molecule has 26 heavy (non-hydrogen) atoms. The van der Waals surface area contributed by atoms with Crippen molar-refractivity contribution < 1.29 is 19.1 Å². The Hall–Kier alpha value is -2.63. The SMILES string of the molecule is CCN(C(=O)c1cccc(-c2ccc3occc3c2)c1)[C@H]1COC[C@@H]1O. The lowest BCUT2D eigenvalue weighted by atomic mass is 10.0. The first-order valence-electron chi connectivity index (χ1n) is 8.82. The van der Waals surface area contributed by atoms with E-state index in [1.807, 2.05) is 49.4 Å². The maximum atomic E-state index is 13.0. The minimum atomic E-state index is -0.634. The average Bonchev–Trinajstić information content (AvgIpc) is 3.31. The van der Waals surface area contributed by atoms with Crippen molar-refractivity contribution in [2.75, 3.05) is 19.8 Å². The van der Waals surface area contributed by atoms with Crippen LogP contribution in [0.1, 0.15) is 17.3 Å². The van der Waals surface area contributed by atoms with Gasteiger partial charge in [0.2, 0.25) is 0 Å². The van der Waals surface area contributed by atoms with Crippen LogP contribution in [0.5, 0.6) is 0 Å². The monoisotopic (exact) mass is 351 g/mol. The molecule has 0 bridgehead atoms. The van der Waals surface area contributed by atoms with Gasteiger partial charge in [0.25, 0.3) is 5.91 Å². The number of aliphatic hydroxyl groups excluding tert-OH is 1. The molecule has 0 aliphatic carbocycles. The van der Waals surface area contributed by atoms with Gasteiger partial charge in [0.05, 0.1) is 31.6 Å². The molecule has 2 aromatic carbocycles. The number of hydrogen-bond acceptors (Lipinski definition) is 4. The molecule has 1 aliphatic rings. The molecule has 2 atom stereocenters. The number of nitrogens with zero attached hydrogens (tertiary/aromatic N) is 1. The third-order valence-electron chi connectivity index (χ3n) is 4.92. The second kappa shape index (κ2) is 6.94. The van der Waals surface area contributed by atoms with Gasteiger partial charge >= 0.3 is 0 Å². The van der Waals surface area contributed by atoms with E-state index in [0.29, 0.717) is 18.7 Å². The third kappa shape index (κ3) is 3.00. The first kappa shape index (κ1) is 16.8. The Labute approximate surface area is 151 Å². The molecule has 5 nitrogen and oxygen atoms in total. The number of rotatable bonds is 4. The zero-order valence-electron chi connectivity index (χ0n) is 14.6. The van der Waals surface area contributed by atoms with Crippen LogP contribution in [0.4, 0.5) is 0 Å². The molecular formula is C21H21NO4. The average molecular weight is 351 g/mol. The van der Waals surface area contributed by atoms with Crippen LogP contribution < -0.4 is 0 Å². The predicted molar refractivity (Wildman–Crippen MR) is 99.0 cm³/mol. The van der Waals surface area contributed by atoms with Gasteiger partial charge in [-0.05, 0) is 48.4 Å². The highest BCUT2D eigenvalue weighted by Gasteiger charge is 2.34. The number of amides is 1. The summed E-state index contributed by atoms with van der Waals surface area (Å²) in [4.78, 5) is 14.7. The molecule has 0 spiro atoms. The largest absolute Gasteiger partial charge is 0.464 e. The van der Waals surface area contributed by atoms with Gasteiger partial charge in [-0.2, -0.15) is 0 Å². The molecule has 134 valence electrons. The molecule has 0 radical (unpaired) electrons. The number of benzene rings is 2. The fourth-order valence-corrected chi connectivity index (χ4v) is 3.50. The Morgan fingerprint density at radius 3 is 2.77 bits per heavy atom. The molecule has 1 N–H and O–H groups in total. The maximum Gasteiger partial charge on any atom is 0.254 e. The highest BCUT2D eigenvalue weighted by atomic mass is 16.5. The van der Waals surface area contributed by atoms with Crippen LogP contribution in [0.3, 0.4) is 0 Å². The number of furan rings is 1. The summed E-state index contributed by atoms with van der Waals surface area (Å²) in [7, 11) is 0. The van der Waals surface area contributed by atoms with E-state index >= 15 is 0 Å². The fraction of sp³-hybridized carbons (Fsp3) is 0.286. The zero-order valence-corrected chi connectivity index (χ0v) is 14.6. The van der Waals surface area contributed by atoms with Crippen LogP contribution in [-0.2, 0) is 4.74 Å².